The summed E-state index contributed by atoms with van der Waals surface area (Å²) in [5, 5.41) is 9.17. The number of carbonyl (C=O) groups is 2. The Hall–Kier alpha value is -2.71. The lowest BCUT2D eigenvalue weighted by atomic mass is 10.0. The molecule has 1 aromatic rings. The highest BCUT2D eigenvalue weighted by Crippen LogP contribution is 2.37. The van der Waals surface area contributed by atoms with E-state index in [0.29, 0.717) is 45.7 Å². The standard InChI is InChI=1S/C23H28F3N5O2S/c1-4-5-19(32)29-11-8-28(9-12-29)10-13-30-21(34)31(20(33)22(30,2)3)17-7-6-16(15-27)18(14-17)23(24,25)26/h6-7,14H,4-5,8-13H2,1-3H3. The zero-order chi connectivity index (χ0) is 25.3. The lowest BCUT2D eigenvalue weighted by Crippen LogP contribution is -2.52. The average Bonchev–Trinajstić information content (AvgIpc) is 2.95. The topological polar surface area (TPSA) is 70.9 Å². The van der Waals surface area contributed by atoms with Crippen LogP contribution in [0.1, 0.15) is 44.7 Å². The first-order valence-electron chi connectivity index (χ1n) is 11.2. The largest absolute Gasteiger partial charge is 0.417 e. The number of thiocarbonyl (C=S) groups is 1. The Morgan fingerprint density at radius 3 is 2.38 bits per heavy atom. The summed E-state index contributed by atoms with van der Waals surface area (Å²) in [7, 11) is 0. The van der Waals surface area contributed by atoms with Crippen LogP contribution in [0, 0.1) is 11.3 Å². The number of carbonyl (C=O) groups excluding carboxylic acids is 2. The van der Waals surface area contributed by atoms with Gasteiger partial charge in [0.05, 0.1) is 22.9 Å². The second-order valence-corrected chi connectivity index (χ2v) is 9.31. The van der Waals surface area contributed by atoms with Crippen LogP contribution in [0.4, 0.5) is 18.9 Å². The maximum atomic E-state index is 13.4. The third kappa shape index (κ3) is 5.03. The van der Waals surface area contributed by atoms with Gasteiger partial charge in [-0.3, -0.25) is 19.4 Å². The molecule has 11 heteroatoms. The van der Waals surface area contributed by atoms with Gasteiger partial charge >= 0.3 is 6.18 Å². The Labute approximate surface area is 202 Å². The molecule has 3 rings (SSSR count). The van der Waals surface area contributed by atoms with E-state index in [1.807, 2.05) is 11.8 Å². The van der Waals surface area contributed by atoms with Crippen molar-refractivity contribution < 1.29 is 22.8 Å². The van der Waals surface area contributed by atoms with Crippen LogP contribution >= 0.6 is 12.2 Å². The summed E-state index contributed by atoms with van der Waals surface area (Å²) in [6, 6.07) is 4.71. The summed E-state index contributed by atoms with van der Waals surface area (Å²) in [5.74, 6) is -0.267. The molecule has 0 radical (unpaired) electrons. The molecule has 2 fully saturated rings. The van der Waals surface area contributed by atoms with Crippen molar-refractivity contribution in [3.8, 4) is 6.07 Å². The van der Waals surface area contributed by atoms with Crippen molar-refractivity contribution in [2.45, 2.75) is 45.3 Å². The van der Waals surface area contributed by atoms with Gasteiger partial charge in [-0.05, 0) is 50.7 Å². The minimum atomic E-state index is -4.73. The first-order valence-corrected chi connectivity index (χ1v) is 11.6. The third-order valence-corrected chi connectivity index (χ3v) is 6.74. The third-order valence-electron chi connectivity index (χ3n) is 6.34. The van der Waals surface area contributed by atoms with Gasteiger partial charge in [-0.2, -0.15) is 18.4 Å². The summed E-state index contributed by atoms with van der Waals surface area (Å²) in [5.41, 5.74) is -2.67. The quantitative estimate of drug-likeness (QED) is 0.565. The maximum Gasteiger partial charge on any atom is 0.417 e. The van der Waals surface area contributed by atoms with Crippen molar-refractivity contribution in [1.82, 2.24) is 14.7 Å². The van der Waals surface area contributed by atoms with Crippen LogP contribution in [0.2, 0.25) is 0 Å². The fourth-order valence-corrected chi connectivity index (χ4v) is 4.78. The monoisotopic (exact) mass is 495 g/mol. The Morgan fingerprint density at radius 1 is 1.18 bits per heavy atom. The number of hydrogen-bond acceptors (Lipinski definition) is 5. The predicted octanol–water partition coefficient (Wildman–Crippen LogP) is 3.23. The Morgan fingerprint density at radius 2 is 1.82 bits per heavy atom. The summed E-state index contributed by atoms with van der Waals surface area (Å²) in [6.45, 7) is 9.07. The Bertz CT molecular complexity index is 1010. The first-order chi connectivity index (χ1) is 15.9. The molecule has 2 aliphatic rings. The van der Waals surface area contributed by atoms with Gasteiger partial charge in [0, 0.05) is 45.7 Å². The van der Waals surface area contributed by atoms with Crippen molar-refractivity contribution in [3.63, 3.8) is 0 Å². The minimum Gasteiger partial charge on any atom is -0.340 e. The van der Waals surface area contributed by atoms with E-state index in [2.05, 4.69) is 4.90 Å². The summed E-state index contributed by atoms with van der Waals surface area (Å²) in [6.07, 6.45) is -3.38. The molecule has 0 aliphatic carbocycles. The van der Waals surface area contributed by atoms with Gasteiger partial charge in [-0.1, -0.05) is 6.92 Å². The van der Waals surface area contributed by atoms with Gasteiger partial charge in [0.2, 0.25) is 5.91 Å². The molecule has 2 amide bonds. The van der Waals surface area contributed by atoms with Gasteiger partial charge in [0.1, 0.15) is 5.54 Å². The van der Waals surface area contributed by atoms with Gasteiger partial charge < -0.3 is 9.80 Å². The molecule has 34 heavy (non-hydrogen) atoms. The van der Waals surface area contributed by atoms with Crippen molar-refractivity contribution in [1.29, 1.82) is 5.26 Å². The highest BCUT2D eigenvalue weighted by atomic mass is 32.1. The Balaban J connectivity index is 1.73. The number of piperazine rings is 1. The van der Waals surface area contributed by atoms with E-state index in [1.54, 1.807) is 24.8 Å². The van der Waals surface area contributed by atoms with Gasteiger partial charge in [0.25, 0.3) is 5.91 Å². The second-order valence-electron chi connectivity index (χ2n) is 8.95. The van der Waals surface area contributed by atoms with E-state index in [-0.39, 0.29) is 16.7 Å². The number of anilines is 1. The number of amides is 2. The molecule has 2 saturated heterocycles. The highest BCUT2D eigenvalue weighted by Gasteiger charge is 2.49. The van der Waals surface area contributed by atoms with Gasteiger partial charge in [-0.15, -0.1) is 0 Å². The van der Waals surface area contributed by atoms with E-state index in [1.165, 1.54) is 6.07 Å². The van der Waals surface area contributed by atoms with E-state index >= 15 is 0 Å². The number of halogens is 3. The molecular weight excluding hydrogens is 467 g/mol. The SMILES string of the molecule is CCCC(=O)N1CCN(CCN2C(=S)N(c3ccc(C#N)c(C(F)(F)F)c3)C(=O)C2(C)C)CC1. The Kier molecular flexibility index (Phi) is 7.53. The lowest BCUT2D eigenvalue weighted by Gasteiger charge is -2.37. The number of benzene rings is 1. The summed E-state index contributed by atoms with van der Waals surface area (Å²) in [4.78, 5) is 32.2. The first kappa shape index (κ1) is 25.9. The molecule has 0 aromatic heterocycles. The van der Waals surface area contributed by atoms with Crippen molar-refractivity contribution >= 4 is 34.8 Å². The van der Waals surface area contributed by atoms with Gasteiger partial charge in [0.15, 0.2) is 5.11 Å². The number of nitriles is 1. The number of nitrogens with zero attached hydrogens (tertiary/aromatic N) is 5. The normalized spacial score (nSPS) is 19.0. The lowest BCUT2D eigenvalue weighted by molar-refractivity contribution is -0.138. The van der Waals surface area contributed by atoms with E-state index in [4.69, 9.17) is 17.5 Å². The van der Waals surface area contributed by atoms with E-state index in [9.17, 15) is 22.8 Å². The predicted molar refractivity (Wildman–Crippen MR) is 125 cm³/mol. The molecule has 7 nitrogen and oxygen atoms in total. The zero-order valence-corrected chi connectivity index (χ0v) is 20.3. The average molecular weight is 496 g/mol. The molecule has 0 saturated carbocycles. The molecule has 0 unspecified atom stereocenters. The second kappa shape index (κ2) is 9.88. The van der Waals surface area contributed by atoms with Crippen LogP contribution in [-0.4, -0.2) is 76.4 Å². The summed E-state index contributed by atoms with van der Waals surface area (Å²) < 4.78 is 40.3. The van der Waals surface area contributed by atoms with Crippen LogP contribution in [0.15, 0.2) is 18.2 Å². The van der Waals surface area contributed by atoms with Crippen LogP contribution in [0.5, 0.6) is 0 Å². The summed E-state index contributed by atoms with van der Waals surface area (Å²) >= 11 is 5.53. The number of rotatable bonds is 6. The molecule has 0 atom stereocenters. The molecule has 184 valence electrons. The maximum absolute atomic E-state index is 13.4. The van der Waals surface area contributed by atoms with Crippen molar-refractivity contribution in [2.75, 3.05) is 44.2 Å². The molecule has 1 aromatic carbocycles. The van der Waals surface area contributed by atoms with E-state index < -0.39 is 28.7 Å². The van der Waals surface area contributed by atoms with Gasteiger partial charge in [-0.25, -0.2) is 0 Å². The zero-order valence-electron chi connectivity index (χ0n) is 19.5. The fraction of sp³-hybridized carbons (Fsp3) is 0.565. The van der Waals surface area contributed by atoms with Crippen LogP contribution in [-0.2, 0) is 15.8 Å². The van der Waals surface area contributed by atoms with Crippen molar-refractivity contribution in [3.05, 3.63) is 29.3 Å². The minimum absolute atomic E-state index is 0.0139. The molecule has 0 bridgehead atoms. The van der Waals surface area contributed by atoms with Crippen LogP contribution < -0.4 is 4.90 Å². The molecular formula is C23H28F3N5O2S. The van der Waals surface area contributed by atoms with Crippen LogP contribution in [0.25, 0.3) is 0 Å². The highest BCUT2D eigenvalue weighted by molar-refractivity contribution is 7.80. The van der Waals surface area contributed by atoms with Crippen LogP contribution in [0.3, 0.4) is 0 Å². The molecule has 0 spiro atoms. The molecule has 2 heterocycles. The molecule has 0 N–H and O–H groups in total. The van der Waals surface area contributed by atoms with Crippen molar-refractivity contribution in [2.24, 2.45) is 0 Å². The smallest absolute Gasteiger partial charge is 0.340 e. The van der Waals surface area contributed by atoms with E-state index in [0.717, 1.165) is 23.5 Å². The number of hydrogen-bond donors (Lipinski definition) is 0. The molecule has 2 aliphatic heterocycles. The fourth-order valence-electron chi connectivity index (χ4n) is 4.28. The number of alkyl halides is 3.